The summed E-state index contributed by atoms with van der Waals surface area (Å²) in [6.45, 7) is 4.27. The molecule has 116 valence electrons. The zero-order valence-corrected chi connectivity index (χ0v) is 13.7. The largest absolute Gasteiger partial charge is 0.343 e. The summed E-state index contributed by atoms with van der Waals surface area (Å²) in [6.07, 6.45) is 0. The van der Waals surface area contributed by atoms with Crippen molar-refractivity contribution < 1.29 is 4.79 Å². The van der Waals surface area contributed by atoms with Crippen LogP contribution in [0.25, 0.3) is 0 Å². The highest BCUT2D eigenvalue weighted by molar-refractivity contribution is 5.94. The first-order valence-electron chi connectivity index (χ1n) is 7.51. The molecule has 1 amide bonds. The van der Waals surface area contributed by atoms with Crippen LogP contribution in [0.15, 0.2) is 60.7 Å². The topological polar surface area (TPSA) is 32.3 Å². The molecular formula is C19H24N2O. The highest BCUT2D eigenvalue weighted by Gasteiger charge is 2.34. The maximum atomic E-state index is 12.6. The van der Waals surface area contributed by atoms with Crippen LogP contribution < -0.4 is 5.32 Å². The van der Waals surface area contributed by atoms with Crippen molar-refractivity contribution in [3.05, 3.63) is 71.8 Å². The Morgan fingerprint density at radius 3 is 1.95 bits per heavy atom. The molecule has 0 radical (unpaired) electrons. The van der Waals surface area contributed by atoms with Crippen LogP contribution in [0.4, 0.5) is 0 Å². The zero-order valence-electron chi connectivity index (χ0n) is 13.7. The summed E-state index contributed by atoms with van der Waals surface area (Å²) in [6, 6.07) is 19.3. The molecule has 2 rings (SSSR count). The van der Waals surface area contributed by atoms with E-state index in [9.17, 15) is 4.79 Å². The number of amides is 1. The van der Waals surface area contributed by atoms with Gasteiger partial charge in [0.25, 0.3) is 5.91 Å². The Morgan fingerprint density at radius 2 is 1.45 bits per heavy atom. The van der Waals surface area contributed by atoms with Crippen LogP contribution in [0.5, 0.6) is 0 Å². The fourth-order valence-electron chi connectivity index (χ4n) is 2.38. The Balaban J connectivity index is 2.32. The molecule has 0 aromatic heterocycles. The van der Waals surface area contributed by atoms with Crippen molar-refractivity contribution in [3.63, 3.8) is 0 Å². The van der Waals surface area contributed by atoms with Gasteiger partial charge in [0.05, 0.1) is 6.04 Å². The monoisotopic (exact) mass is 296 g/mol. The van der Waals surface area contributed by atoms with Gasteiger partial charge in [-0.05, 0) is 45.6 Å². The lowest BCUT2D eigenvalue weighted by Crippen LogP contribution is -2.50. The van der Waals surface area contributed by atoms with E-state index in [1.807, 2.05) is 62.6 Å². The molecule has 22 heavy (non-hydrogen) atoms. The molecule has 0 aliphatic carbocycles. The van der Waals surface area contributed by atoms with Gasteiger partial charge >= 0.3 is 0 Å². The average molecular weight is 296 g/mol. The number of carbonyl (C=O) groups excluding carboxylic acids is 1. The lowest BCUT2D eigenvalue weighted by atomic mass is 9.87. The normalized spacial score (nSPS) is 13.0. The molecular weight excluding hydrogens is 272 g/mol. The van der Waals surface area contributed by atoms with Crippen molar-refractivity contribution in [2.45, 2.75) is 25.4 Å². The van der Waals surface area contributed by atoms with Crippen molar-refractivity contribution in [2.75, 3.05) is 14.1 Å². The van der Waals surface area contributed by atoms with Gasteiger partial charge in [0.1, 0.15) is 0 Å². The minimum atomic E-state index is -0.216. The maximum Gasteiger partial charge on any atom is 0.251 e. The van der Waals surface area contributed by atoms with Crippen LogP contribution in [-0.4, -0.2) is 30.4 Å². The Labute approximate surface area is 133 Å². The summed E-state index contributed by atoms with van der Waals surface area (Å²) in [7, 11) is 4.06. The van der Waals surface area contributed by atoms with Crippen LogP contribution in [-0.2, 0) is 0 Å². The number of carbonyl (C=O) groups is 1. The number of hydrogen-bond donors (Lipinski definition) is 1. The molecule has 0 aliphatic heterocycles. The molecule has 1 unspecified atom stereocenters. The van der Waals surface area contributed by atoms with Gasteiger partial charge in [-0.1, -0.05) is 48.5 Å². The summed E-state index contributed by atoms with van der Waals surface area (Å²) in [5.41, 5.74) is 1.56. The quantitative estimate of drug-likeness (QED) is 0.916. The van der Waals surface area contributed by atoms with Gasteiger partial charge < -0.3 is 10.2 Å². The summed E-state index contributed by atoms with van der Waals surface area (Å²) in [4.78, 5) is 14.7. The Kier molecular flexibility index (Phi) is 4.99. The number of likely N-dealkylation sites (N-methyl/N-ethyl adjacent to an activating group) is 1. The number of hydrogen-bond acceptors (Lipinski definition) is 2. The minimum Gasteiger partial charge on any atom is -0.343 e. The zero-order chi connectivity index (χ0) is 16.2. The van der Waals surface area contributed by atoms with Gasteiger partial charge in [-0.25, -0.2) is 0 Å². The molecule has 0 bridgehead atoms. The Hall–Kier alpha value is -2.13. The first kappa shape index (κ1) is 16.2. The highest BCUT2D eigenvalue weighted by Crippen LogP contribution is 2.29. The van der Waals surface area contributed by atoms with E-state index < -0.39 is 0 Å². The summed E-state index contributed by atoms with van der Waals surface area (Å²) >= 11 is 0. The summed E-state index contributed by atoms with van der Waals surface area (Å²) in [5.74, 6) is -0.0515. The number of nitrogens with zero attached hydrogens (tertiary/aromatic N) is 1. The van der Waals surface area contributed by atoms with Crippen molar-refractivity contribution in [3.8, 4) is 0 Å². The lowest BCUT2D eigenvalue weighted by Gasteiger charge is -2.40. The fraction of sp³-hybridized carbons (Fsp3) is 0.316. The molecule has 0 saturated carbocycles. The number of rotatable bonds is 5. The SMILES string of the molecule is CN(C)C(C)(C)C(NC(=O)c1ccccc1)c1ccccc1. The van der Waals surface area contributed by atoms with E-state index in [0.29, 0.717) is 5.56 Å². The average Bonchev–Trinajstić information content (AvgIpc) is 2.53. The van der Waals surface area contributed by atoms with E-state index in [1.165, 1.54) is 0 Å². The van der Waals surface area contributed by atoms with E-state index in [4.69, 9.17) is 0 Å². The minimum absolute atomic E-state index is 0.0515. The van der Waals surface area contributed by atoms with E-state index in [1.54, 1.807) is 0 Å². The third kappa shape index (κ3) is 3.55. The first-order valence-corrected chi connectivity index (χ1v) is 7.51. The van der Waals surface area contributed by atoms with Crippen LogP contribution in [0.3, 0.4) is 0 Å². The summed E-state index contributed by atoms with van der Waals surface area (Å²) < 4.78 is 0. The van der Waals surface area contributed by atoms with Crippen LogP contribution >= 0.6 is 0 Å². The molecule has 2 aromatic carbocycles. The van der Waals surface area contributed by atoms with Crippen LogP contribution in [0.2, 0.25) is 0 Å². The molecule has 0 heterocycles. The fourth-order valence-corrected chi connectivity index (χ4v) is 2.38. The number of nitrogens with one attached hydrogen (secondary N) is 1. The summed E-state index contributed by atoms with van der Waals surface area (Å²) in [5, 5.41) is 3.19. The van der Waals surface area contributed by atoms with Crippen molar-refractivity contribution in [2.24, 2.45) is 0 Å². The van der Waals surface area contributed by atoms with Gasteiger partial charge in [0.15, 0.2) is 0 Å². The highest BCUT2D eigenvalue weighted by atomic mass is 16.1. The number of benzene rings is 2. The standard InChI is InChI=1S/C19H24N2O/c1-19(2,21(3)4)17(15-11-7-5-8-12-15)20-18(22)16-13-9-6-10-14-16/h5-14,17H,1-4H3,(H,20,22). The van der Waals surface area contributed by atoms with Crippen LogP contribution in [0.1, 0.15) is 35.8 Å². The van der Waals surface area contributed by atoms with E-state index in [0.717, 1.165) is 5.56 Å². The van der Waals surface area contributed by atoms with E-state index in [-0.39, 0.29) is 17.5 Å². The van der Waals surface area contributed by atoms with Crippen molar-refractivity contribution in [1.82, 2.24) is 10.2 Å². The second-order valence-electron chi connectivity index (χ2n) is 6.23. The van der Waals surface area contributed by atoms with Crippen molar-refractivity contribution in [1.29, 1.82) is 0 Å². The van der Waals surface area contributed by atoms with Gasteiger partial charge in [-0.15, -0.1) is 0 Å². The van der Waals surface area contributed by atoms with Crippen LogP contribution in [0, 0.1) is 0 Å². The molecule has 0 fully saturated rings. The molecule has 0 aliphatic rings. The lowest BCUT2D eigenvalue weighted by molar-refractivity contribution is 0.0840. The predicted molar refractivity (Wildman–Crippen MR) is 90.9 cm³/mol. The van der Waals surface area contributed by atoms with Gasteiger partial charge in [-0.3, -0.25) is 4.79 Å². The molecule has 0 saturated heterocycles. The molecule has 0 spiro atoms. The van der Waals surface area contributed by atoms with Gasteiger partial charge in [-0.2, -0.15) is 0 Å². The third-order valence-electron chi connectivity index (χ3n) is 4.30. The first-order chi connectivity index (χ1) is 10.4. The van der Waals surface area contributed by atoms with Crippen molar-refractivity contribution >= 4 is 5.91 Å². The molecule has 2 aromatic rings. The predicted octanol–water partition coefficient (Wildman–Crippen LogP) is 3.50. The van der Waals surface area contributed by atoms with Gasteiger partial charge in [0.2, 0.25) is 0 Å². The van der Waals surface area contributed by atoms with Gasteiger partial charge in [0, 0.05) is 11.1 Å². The second kappa shape index (κ2) is 6.75. The second-order valence-corrected chi connectivity index (χ2v) is 6.23. The Bertz CT molecular complexity index is 606. The molecule has 3 nitrogen and oxygen atoms in total. The third-order valence-corrected chi connectivity index (χ3v) is 4.30. The molecule has 3 heteroatoms. The molecule has 1 N–H and O–H groups in total. The van der Waals surface area contributed by atoms with E-state index >= 15 is 0 Å². The molecule has 1 atom stereocenters. The smallest absolute Gasteiger partial charge is 0.251 e. The van der Waals surface area contributed by atoms with E-state index in [2.05, 4.69) is 36.2 Å². The maximum absolute atomic E-state index is 12.6. The Morgan fingerprint density at radius 1 is 0.955 bits per heavy atom.